The summed E-state index contributed by atoms with van der Waals surface area (Å²) in [5.74, 6) is 0.995. The molecule has 190 valence electrons. The normalized spacial score (nSPS) is 16.0. The van der Waals surface area contributed by atoms with E-state index in [-0.39, 0.29) is 24.5 Å². The van der Waals surface area contributed by atoms with Crippen LogP contribution in [0.3, 0.4) is 0 Å². The van der Waals surface area contributed by atoms with E-state index in [9.17, 15) is 18.0 Å². The van der Waals surface area contributed by atoms with Crippen LogP contribution >= 0.6 is 0 Å². The van der Waals surface area contributed by atoms with Gasteiger partial charge in [-0.05, 0) is 62.1 Å². The van der Waals surface area contributed by atoms with E-state index in [0.29, 0.717) is 42.2 Å². The molecule has 0 aliphatic carbocycles. The lowest BCUT2D eigenvalue weighted by atomic mass is 9.95. The maximum Gasteiger partial charge on any atom is 0.250 e. The first-order valence-corrected chi connectivity index (χ1v) is 11.4. The minimum Gasteiger partial charge on any atom is -0.479 e. The molecule has 4 rings (SSSR count). The number of nitrogens with two attached hydrogens (primary N) is 1. The van der Waals surface area contributed by atoms with Crippen LogP contribution in [0.4, 0.5) is 13.2 Å². The lowest BCUT2D eigenvalue weighted by molar-refractivity contribution is -0.131. The van der Waals surface area contributed by atoms with Crippen molar-refractivity contribution in [2.24, 2.45) is 5.90 Å². The number of piperidine rings is 1. The average molecular weight is 502 g/mol. The number of likely N-dealkylation sites (tertiary alicyclic amines) is 1. The first kappa shape index (κ1) is 25.4. The summed E-state index contributed by atoms with van der Waals surface area (Å²) < 4.78 is 48.7. The molecular weight excluding hydrogens is 475 g/mol. The van der Waals surface area contributed by atoms with Crippen LogP contribution in [-0.2, 0) is 9.63 Å². The number of aryl methyl sites for hydroxylation is 1. The molecular formula is C25H26F3N5O3. The van der Waals surface area contributed by atoms with Crippen molar-refractivity contribution in [3.63, 3.8) is 0 Å². The number of ether oxygens (including phenoxy) is 1. The number of nitrogens with zero attached hydrogens (tertiary/aromatic N) is 4. The fourth-order valence-corrected chi connectivity index (χ4v) is 4.32. The highest BCUT2D eigenvalue weighted by molar-refractivity contribution is 5.98. The van der Waals surface area contributed by atoms with Gasteiger partial charge in [0.25, 0.3) is 0 Å². The van der Waals surface area contributed by atoms with Gasteiger partial charge in [-0.25, -0.2) is 29.0 Å². The fraction of sp³-hybridized carbons (Fsp3) is 0.320. The van der Waals surface area contributed by atoms with Gasteiger partial charge < -0.3 is 19.0 Å². The van der Waals surface area contributed by atoms with E-state index in [2.05, 4.69) is 14.8 Å². The number of methoxy groups -OCH3 is 1. The monoisotopic (exact) mass is 501 g/mol. The minimum absolute atomic E-state index is 0.0298. The summed E-state index contributed by atoms with van der Waals surface area (Å²) in [6, 6.07) is 4.61. The number of carbonyl (C=O) groups excluding carboxylic acids is 1. The summed E-state index contributed by atoms with van der Waals surface area (Å²) in [5.41, 5.74) is 2.64. The second-order valence-corrected chi connectivity index (χ2v) is 8.43. The maximum atomic E-state index is 14.0. The highest BCUT2D eigenvalue weighted by Crippen LogP contribution is 2.33. The summed E-state index contributed by atoms with van der Waals surface area (Å²) in [5, 5.41) is 0. The van der Waals surface area contributed by atoms with Crippen molar-refractivity contribution in [3.05, 3.63) is 76.8 Å². The Balaban J connectivity index is 1.64. The van der Waals surface area contributed by atoms with Crippen LogP contribution in [0.15, 0.2) is 42.4 Å². The Morgan fingerprint density at radius 2 is 1.97 bits per heavy atom. The third-order valence-electron chi connectivity index (χ3n) is 6.02. The maximum absolute atomic E-state index is 14.0. The Kier molecular flexibility index (Phi) is 7.70. The number of hydrogen-bond donors (Lipinski definition) is 1. The van der Waals surface area contributed by atoms with Crippen molar-refractivity contribution in [3.8, 4) is 11.6 Å². The van der Waals surface area contributed by atoms with Crippen LogP contribution in [0.5, 0.6) is 5.88 Å². The van der Waals surface area contributed by atoms with Gasteiger partial charge in [-0.15, -0.1) is 0 Å². The number of hydrogen-bond acceptors (Lipinski definition) is 6. The molecule has 1 fully saturated rings. The van der Waals surface area contributed by atoms with Crippen molar-refractivity contribution in [2.45, 2.75) is 32.2 Å². The Morgan fingerprint density at radius 1 is 1.22 bits per heavy atom. The van der Waals surface area contributed by atoms with Crippen molar-refractivity contribution < 1.29 is 27.5 Å². The molecule has 1 atom stereocenters. The Hall–Kier alpha value is -3.70. The van der Waals surface area contributed by atoms with Crippen LogP contribution < -0.4 is 10.6 Å². The van der Waals surface area contributed by atoms with Crippen molar-refractivity contribution in [1.29, 1.82) is 0 Å². The third kappa shape index (κ3) is 5.26. The molecule has 3 aromatic rings. The molecule has 0 saturated carbocycles. The van der Waals surface area contributed by atoms with Crippen LogP contribution in [0, 0.1) is 24.4 Å². The number of halogens is 3. The summed E-state index contributed by atoms with van der Waals surface area (Å²) in [7, 11) is 1.51. The lowest BCUT2D eigenvalue weighted by Crippen LogP contribution is -2.40. The molecule has 0 bridgehead atoms. The first-order valence-electron chi connectivity index (χ1n) is 11.4. The van der Waals surface area contributed by atoms with E-state index in [1.54, 1.807) is 23.0 Å². The SMILES string of the molecule is COc1nc(/C=C2\CCCN(C(CCON)c3cc(F)c(F)c(F)c3)C2=O)ccc1-n1cnc(C)c1. The zero-order valence-corrected chi connectivity index (χ0v) is 19.9. The molecule has 11 heteroatoms. The van der Waals surface area contributed by atoms with Crippen molar-refractivity contribution >= 4 is 12.0 Å². The molecule has 1 aliphatic rings. The molecule has 3 heterocycles. The third-order valence-corrected chi connectivity index (χ3v) is 6.02. The van der Waals surface area contributed by atoms with Gasteiger partial charge in [-0.2, -0.15) is 0 Å². The number of benzene rings is 1. The number of pyridine rings is 1. The molecule has 2 N–H and O–H groups in total. The van der Waals surface area contributed by atoms with E-state index >= 15 is 0 Å². The molecule has 1 aliphatic heterocycles. The number of carbonyl (C=O) groups is 1. The molecule has 36 heavy (non-hydrogen) atoms. The number of rotatable bonds is 8. The van der Waals surface area contributed by atoms with Crippen LogP contribution in [0.25, 0.3) is 11.8 Å². The standard InChI is InChI=1S/C25H26F3N5O3/c1-15-13-32(14-30-15)22-6-5-18(31-24(22)35-2)10-16-4-3-8-33(25(16)34)21(7-9-36-29)17-11-19(26)23(28)20(27)12-17/h5-6,10-14,21H,3-4,7-9,29H2,1-2H3/b16-10+. The smallest absolute Gasteiger partial charge is 0.250 e. The van der Waals surface area contributed by atoms with Crippen LogP contribution in [-0.4, -0.2) is 45.6 Å². The van der Waals surface area contributed by atoms with E-state index in [0.717, 1.165) is 17.8 Å². The highest BCUT2D eigenvalue weighted by Gasteiger charge is 2.31. The summed E-state index contributed by atoms with van der Waals surface area (Å²) >= 11 is 0. The van der Waals surface area contributed by atoms with Gasteiger partial charge >= 0.3 is 0 Å². The largest absolute Gasteiger partial charge is 0.479 e. The molecule has 1 saturated heterocycles. The molecule has 2 aromatic heterocycles. The van der Waals surface area contributed by atoms with E-state index in [4.69, 9.17) is 10.6 Å². The van der Waals surface area contributed by atoms with E-state index < -0.39 is 23.5 Å². The Labute approximate surface area is 206 Å². The second-order valence-electron chi connectivity index (χ2n) is 8.43. The molecule has 1 unspecified atom stereocenters. The number of amides is 1. The van der Waals surface area contributed by atoms with Crippen molar-refractivity contribution in [1.82, 2.24) is 19.4 Å². The zero-order chi connectivity index (χ0) is 25.8. The zero-order valence-electron chi connectivity index (χ0n) is 19.9. The quantitative estimate of drug-likeness (QED) is 0.285. The molecule has 1 aromatic carbocycles. The Morgan fingerprint density at radius 3 is 2.61 bits per heavy atom. The topological polar surface area (TPSA) is 95.5 Å². The summed E-state index contributed by atoms with van der Waals surface area (Å²) in [4.78, 5) is 28.3. The van der Waals surface area contributed by atoms with Crippen LogP contribution in [0.1, 0.15) is 42.3 Å². The van der Waals surface area contributed by atoms with Gasteiger partial charge in [0.1, 0.15) is 5.69 Å². The van der Waals surface area contributed by atoms with Gasteiger partial charge in [0.05, 0.1) is 37.5 Å². The highest BCUT2D eigenvalue weighted by atomic mass is 19.2. The summed E-state index contributed by atoms with van der Waals surface area (Å²) in [6.07, 6.45) is 6.45. The number of imidazole rings is 1. The van der Waals surface area contributed by atoms with Crippen molar-refractivity contribution in [2.75, 3.05) is 20.3 Å². The average Bonchev–Trinajstić information content (AvgIpc) is 3.30. The minimum atomic E-state index is -1.56. The van der Waals surface area contributed by atoms with Crippen LogP contribution in [0.2, 0.25) is 0 Å². The predicted octanol–water partition coefficient (Wildman–Crippen LogP) is 4.03. The Bertz CT molecular complexity index is 1270. The molecule has 0 radical (unpaired) electrons. The number of aromatic nitrogens is 3. The predicted molar refractivity (Wildman–Crippen MR) is 125 cm³/mol. The molecule has 1 amide bonds. The summed E-state index contributed by atoms with van der Waals surface area (Å²) in [6.45, 7) is 2.25. The fourth-order valence-electron chi connectivity index (χ4n) is 4.32. The van der Waals surface area contributed by atoms with Gasteiger partial charge in [0.2, 0.25) is 11.8 Å². The lowest BCUT2D eigenvalue weighted by Gasteiger charge is -2.36. The molecule has 8 nitrogen and oxygen atoms in total. The van der Waals surface area contributed by atoms with Gasteiger partial charge in [-0.1, -0.05) is 0 Å². The first-order chi connectivity index (χ1) is 17.3. The van der Waals surface area contributed by atoms with Gasteiger partial charge in [-0.3, -0.25) is 4.79 Å². The van der Waals surface area contributed by atoms with E-state index in [1.807, 2.05) is 19.2 Å². The molecule has 0 spiro atoms. The van der Waals surface area contributed by atoms with Gasteiger partial charge in [0.15, 0.2) is 17.5 Å². The van der Waals surface area contributed by atoms with E-state index in [1.165, 1.54) is 12.0 Å². The van der Waals surface area contributed by atoms with Gasteiger partial charge in [0, 0.05) is 18.3 Å². The second kappa shape index (κ2) is 10.9.